The van der Waals surface area contributed by atoms with Crippen LogP contribution < -0.4 is 0 Å². The number of aliphatic hydroxyl groups excluding tert-OH is 1. The van der Waals surface area contributed by atoms with Crippen molar-refractivity contribution < 1.29 is 19.2 Å². The molecule has 1 aromatic heterocycles. The maximum atomic E-state index is 11.4. The van der Waals surface area contributed by atoms with Crippen molar-refractivity contribution >= 4 is 17.6 Å². The van der Waals surface area contributed by atoms with Gasteiger partial charge in [0.05, 0.1) is 7.11 Å². The zero-order valence-corrected chi connectivity index (χ0v) is 10.2. The van der Waals surface area contributed by atoms with Crippen LogP contribution in [0.4, 0.5) is 0 Å². The van der Waals surface area contributed by atoms with Crippen molar-refractivity contribution in [2.45, 2.75) is 6.10 Å². The number of methoxy groups -OCH3 is 1. The molecule has 1 atom stereocenters. The number of hydrogen-bond acceptors (Lipinski definition) is 5. The summed E-state index contributed by atoms with van der Waals surface area (Å²) >= 11 is 5.76. The molecule has 0 fully saturated rings. The lowest BCUT2D eigenvalue weighted by Gasteiger charge is -2.09. The van der Waals surface area contributed by atoms with E-state index in [1.807, 2.05) is 0 Å². The number of esters is 1. The van der Waals surface area contributed by atoms with Crippen LogP contribution in [0.2, 0.25) is 5.02 Å². The molecule has 94 valence electrons. The molecule has 1 aromatic carbocycles. The highest BCUT2D eigenvalue weighted by molar-refractivity contribution is 6.30. The Morgan fingerprint density at radius 1 is 1.44 bits per heavy atom. The van der Waals surface area contributed by atoms with Crippen LogP contribution in [0.1, 0.15) is 27.7 Å². The molecule has 6 heteroatoms. The van der Waals surface area contributed by atoms with Gasteiger partial charge in [0, 0.05) is 5.02 Å². The van der Waals surface area contributed by atoms with Gasteiger partial charge >= 0.3 is 5.97 Å². The van der Waals surface area contributed by atoms with Gasteiger partial charge in [-0.3, -0.25) is 0 Å². The van der Waals surface area contributed by atoms with E-state index in [1.165, 1.54) is 7.11 Å². The van der Waals surface area contributed by atoms with Gasteiger partial charge in [-0.15, -0.1) is 0 Å². The van der Waals surface area contributed by atoms with Gasteiger partial charge in [0.2, 0.25) is 0 Å². The molecule has 2 rings (SSSR count). The van der Waals surface area contributed by atoms with Crippen LogP contribution in [0.3, 0.4) is 0 Å². The second-order valence-electron chi connectivity index (χ2n) is 3.56. The standard InChI is InChI=1S/C12H10ClNO4/c1-17-12(16)9-6-18-14-10(9)11(15)7-2-4-8(13)5-3-7/h2-6,11,15H,1H3/t11-/m1/s1. The number of benzene rings is 1. The first kappa shape index (κ1) is 12.6. The molecule has 0 saturated heterocycles. The fourth-order valence-electron chi connectivity index (χ4n) is 1.51. The SMILES string of the molecule is COC(=O)c1conc1[C@H](O)c1ccc(Cl)cc1. The highest BCUT2D eigenvalue weighted by Crippen LogP contribution is 2.25. The normalized spacial score (nSPS) is 12.2. The molecule has 0 radical (unpaired) electrons. The third-order valence-corrected chi connectivity index (χ3v) is 2.70. The lowest BCUT2D eigenvalue weighted by molar-refractivity contribution is 0.0595. The first-order chi connectivity index (χ1) is 8.63. The van der Waals surface area contributed by atoms with Gasteiger partial charge < -0.3 is 14.4 Å². The molecule has 5 nitrogen and oxygen atoms in total. The van der Waals surface area contributed by atoms with Gasteiger partial charge in [-0.2, -0.15) is 0 Å². The molecule has 0 aliphatic carbocycles. The molecule has 2 aromatic rings. The molecule has 0 spiro atoms. The highest BCUT2D eigenvalue weighted by atomic mass is 35.5. The third kappa shape index (κ3) is 2.37. The van der Waals surface area contributed by atoms with E-state index >= 15 is 0 Å². The number of carbonyl (C=O) groups is 1. The van der Waals surface area contributed by atoms with Crippen molar-refractivity contribution in [1.82, 2.24) is 5.16 Å². The van der Waals surface area contributed by atoms with Gasteiger partial charge in [-0.05, 0) is 17.7 Å². The van der Waals surface area contributed by atoms with Crippen molar-refractivity contribution in [2.24, 2.45) is 0 Å². The molecule has 0 aliphatic rings. The summed E-state index contributed by atoms with van der Waals surface area (Å²) < 4.78 is 9.27. The van der Waals surface area contributed by atoms with Crippen LogP contribution >= 0.6 is 11.6 Å². The number of nitrogens with zero attached hydrogens (tertiary/aromatic N) is 1. The predicted molar refractivity (Wildman–Crippen MR) is 63.4 cm³/mol. The fraction of sp³-hybridized carbons (Fsp3) is 0.167. The van der Waals surface area contributed by atoms with E-state index in [9.17, 15) is 9.90 Å². The second-order valence-corrected chi connectivity index (χ2v) is 4.00. The summed E-state index contributed by atoms with van der Waals surface area (Å²) in [4.78, 5) is 11.4. The average molecular weight is 268 g/mol. The van der Waals surface area contributed by atoms with Gasteiger partial charge in [0.15, 0.2) is 0 Å². The van der Waals surface area contributed by atoms with E-state index in [-0.39, 0.29) is 11.3 Å². The largest absolute Gasteiger partial charge is 0.465 e. The number of rotatable bonds is 3. The zero-order valence-electron chi connectivity index (χ0n) is 9.46. The van der Waals surface area contributed by atoms with Crippen LogP contribution in [0.15, 0.2) is 35.1 Å². The molecule has 1 N–H and O–H groups in total. The van der Waals surface area contributed by atoms with Gasteiger partial charge in [-0.25, -0.2) is 4.79 Å². The Balaban J connectivity index is 2.34. The summed E-state index contributed by atoms with van der Waals surface area (Å²) in [5, 5.41) is 14.3. The highest BCUT2D eigenvalue weighted by Gasteiger charge is 2.23. The molecule has 0 amide bonds. The van der Waals surface area contributed by atoms with E-state index in [1.54, 1.807) is 24.3 Å². The summed E-state index contributed by atoms with van der Waals surface area (Å²) in [6, 6.07) is 6.56. The number of hydrogen-bond donors (Lipinski definition) is 1. The first-order valence-electron chi connectivity index (χ1n) is 5.09. The maximum Gasteiger partial charge on any atom is 0.343 e. The fourth-order valence-corrected chi connectivity index (χ4v) is 1.63. The number of carbonyl (C=O) groups excluding carboxylic acids is 1. The van der Waals surface area contributed by atoms with Gasteiger partial charge in [0.1, 0.15) is 23.6 Å². The smallest absolute Gasteiger partial charge is 0.343 e. The molecule has 1 heterocycles. The van der Waals surface area contributed by atoms with E-state index in [0.717, 1.165) is 6.26 Å². The maximum absolute atomic E-state index is 11.4. The van der Waals surface area contributed by atoms with Crippen LogP contribution in [0.5, 0.6) is 0 Å². The summed E-state index contributed by atoms with van der Waals surface area (Å²) in [6.45, 7) is 0. The van der Waals surface area contributed by atoms with E-state index in [4.69, 9.17) is 16.1 Å². The average Bonchev–Trinajstić information content (AvgIpc) is 2.87. The van der Waals surface area contributed by atoms with Gasteiger partial charge in [0.25, 0.3) is 0 Å². The minimum absolute atomic E-state index is 0.0972. The van der Waals surface area contributed by atoms with Crippen molar-refractivity contribution in [1.29, 1.82) is 0 Å². The first-order valence-corrected chi connectivity index (χ1v) is 5.47. The lowest BCUT2D eigenvalue weighted by atomic mass is 10.0. The lowest BCUT2D eigenvalue weighted by Crippen LogP contribution is -2.08. The second kappa shape index (κ2) is 5.20. The summed E-state index contributed by atoms with van der Waals surface area (Å²) in [7, 11) is 1.24. The minimum atomic E-state index is -1.07. The van der Waals surface area contributed by atoms with Crippen LogP contribution in [0, 0.1) is 0 Å². The third-order valence-electron chi connectivity index (χ3n) is 2.45. The van der Waals surface area contributed by atoms with Crippen molar-refractivity contribution in [3.8, 4) is 0 Å². The van der Waals surface area contributed by atoms with E-state index < -0.39 is 12.1 Å². The van der Waals surface area contributed by atoms with Crippen molar-refractivity contribution in [3.63, 3.8) is 0 Å². The Kier molecular flexibility index (Phi) is 3.64. The van der Waals surface area contributed by atoms with Crippen LogP contribution in [-0.2, 0) is 4.74 Å². The quantitative estimate of drug-likeness (QED) is 0.863. The summed E-state index contributed by atoms with van der Waals surface area (Å²) in [5.41, 5.74) is 0.766. The molecule has 0 saturated carbocycles. The minimum Gasteiger partial charge on any atom is -0.465 e. The van der Waals surface area contributed by atoms with Gasteiger partial charge in [-0.1, -0.05) is 28.9 Å². The molecule has 0 aliphatic heterocycles. The summed E-state index contributed by atoms with van der Waals surface area (Å²) in [6.07, 6.45) is 0.0652. The molecule has 0 unspecified atom stereocenters. The van der Waals surface area contributed by atoms with E-state index in [2.05, 4.69) is 9.89 Å². The van der Waals surface area contributed by atoms with Crippen molar-refractivity contribution in [2.75, 3.05) is 7.11 Å². The topological polar surface area (TPSA) is 72.6 Å². The Labute approximate surface area is 108 Å². The predicted octanol–water partition coefficient (Wildman–Crippen LogP) is 2.20. The molecule has 0 bridgehead atoms. The Morgan fingerprint density at radius 2 is 2.11 bits per heavy atom. The number of aliphatic hydroxyl groups is 1. The monoisotopic (exact) mass is 267 g/mol. The Morgan fingerprint density at radius 3 is 2.72 bits per heavy atom. The zero-order chi connectivity index (χ0) is 13.1. The van der Waals surface area contributed by atoms with E-state index in [0.29, 0.717) is 10.6 Å². The summed E-state index contributed by atoms with van der Waals surface area (Å²) in [5.74, 6) is -0.612. The number of halogens is 1. The molecule has 18 heavy (non-hydrogen) atoms. The molecular formula is C12H10ClNO4. The number of aromatic nitrogens is 1. The Bertz CT molecular complexity index is 549. The van der Waals surface area contributed by atoms with Crippen LogP contribution in [-0.4, -0.2) is 23.3 Å². The number of ether oxygens (including phenoxy) is 1. The Hall–Kier alpha value is -1.85. The van der Waals surface area contributed by atoms with Crippen LogP contribution in [0.25, 0.3) is 0 Å². The molecular weight excluding hydrogens is 258 g/mol. The van der Waals surface area contributed by atoms with Crippen molar-refractivity contribution in [3.05, 3.63) is 52.4 Å².